The lowest BCUT2D eigenvalue weighted by Gasteiger charge is -2.21. The van der Waals surface area contributed by atoms with Crippen LogP contribution in [0, 0.1) is 11.6 Å². The first-order chi connectivity index (χ1) is 6.59. The first-order valence-corrected chi connectivity index (χ1v) is 5.88. The topological polar surface area (TPSA) is 0 Å². The van der Waals surface area contributed by atoms with E-state index in [-0.39, 0.29) is 9.65 Å². The number of hydrogen-bond acceptors (Lipinski definition) is 0. The van der Waals surface area contributed by atoms with Crippen molar-refractivity contribution in [2.24, 2.45) is 0 Å². The molecule has 0 saturated heterocycles. The minimum atomic E-state index is -0.805. The third-order valence-electron chi connectivity index (χ3n) is 2.16. The molecule has 0 bridgehead atoms. The van der Waals surface area contributed by atoms with Crippen molar-refractivity contribution in [1.82, 2.24) is 0 Å². The first-order valence-electron chi connectivity index (χ1n) is 4.05. The Kier molecular flexibility index (Phi) is 2.75. The van der Waals surface area contributed by atoms with Crippen LogP contribution in [0.3, 0.4) is 0 Å². The summed E-state index contributed by atoms with van der Waals surface area (Å²) in [5, 5.41) is 0. The second-order valence-corrected chi connectivity index (χ2v) is 5.14. The van der Waals surface area contributed by atoms with Crippen LogP contribution in [0.25, 0.3) is 6.08 Å². The fraction of sp³-hybridized carbons (Fsp3) is 0.200. The lowest BCUT2D eigenvalue weighted by molar-refractivity contribution is 0.506. The summed E-state index contributed by atoms with van der Waals surface area (Å²) in [5.41, 5.74) is 1.50. The molecule has 0 saturated carbocycles. The van der Waals surface area contributed by atoms with Gasteiger partial charge < -0.3 is 0 Å². The van der Waals surface area contributed by atoms with Crippen LogP contribution in [-0.2, 0) is 0 Å². The van der Waals surface area contributed by atoms with E-state index in [2.05, 4.69) is 31.9 Å². The molecular weight excluding hydrogens is 318 g/mol. The number of alkyl halides is 2. The van der Waals surface area contributed by atoms with Gasteiger partial charge in [0.25, 0.3) is 0 Å². The fourth-order valence-corrected chi connectivity index (χ4v) is 2.44. The molecule has 0 aliphatic heterocycles. The zero-order valence-electron chi connectivity index (χ0n) is 6.98. The molecular formula is C10H6Br2F2. The molecule has 4 heteroatoms. The molecule has 0 fully saturated rings. The molecule has 1 aliphatic carbocycles. The van der Waals surface area contributed by atoms with Crippen LogP contribution >= 0.6 is 31.9 Å². The van der Waals surface area contributed by atoms with Crippen molar-refractivity contribution >= 4 is 37.9 Å². The van der Waals surface area contributed by atoms with Crippen molar-refractivity contribution in [2.75, 3.05) is 0 Å². The summed E-state index contributed by atoms with van der Waals surface area (Å²) in [7, 11) is 0. The summed E-state index contributed by atoms with van der Waals surface area (Å²) in [6.07, 6.45) is 3.69. The van der Waals surface area contributed by atoms with E-state index in [0.29, 0.717) is 0 Å². The van der Waals surface area contributed by atoms with E-state index < -0.39 is 11.6 Å². The monoisotopic (exact) mass is 322 g/mol. The highest BCUT2D eigenvalue weighted by Gasteiger charge is 2.23. The molecule has 1 aromatic carbocycles. The highest BCUT2D eigenvalue weighted by Crippen LogP contribution is 2.39. The maximum atomic E-state index is 13.0. The van der Waals surface area contributed by atoms with Gasteiger partial charge in [0.2, 0.25) is 0 Å². The molecule has 0 N–H and O–H groups in total. The molecule has 2 unspecified atom stereocenters. The number of rotatable bonds is 0. The van der Waals surface area contributed by atoms with Gasteiger partial charge in [-0.1, -0.05) is 44.0 Å². The second kappa shape index (κ2) is 3.74. The Morgan fingerprint density at radius 1 is 1.07 bits per heavy atom. The lowest BCUT2D eigenvalue weighted by atomic mass is 9.97. The highest BCUT2D eigenvalue weighted by molar-refractivity contribution is 9.12. The average molecular weight is 324 g/mol. The van der Waals surface area contributed by atoms with Gasteiger partial charge >= 0.3 is 0 Å². The van der Waals surface area contributed by atoms with E-state index in [0.717, 1.165) is 11.1 Å². The van der Waals surface area contributed by atoms with E-state index in [1.807, 2.05) is 6.08 Å². The third kappa shape index (κ3) is 1.65. The van der Waals surface area contributed by atoms with Crippen molar-refractivity contribution in [2.45, 2.75) is 9.65 Å². The quantitative estimate of drug-likeness (QED) is 0.628. The van der Waals surface area contributed by atoms with E-state index in [1.165, 1.54) is 12.1 Å². The van der Waals surface area contributed by atoms with E-state index in [1.54, 1.807) is 6.08 Å². The molecule has 2 rings (SSSR count). The number of halogens is 4. The SMILES string of the molecule is Fc1cc2c(cc1F)C(Br)C(Br)C=C2. The molecule has 14 heavy (non-hydrogen) atoms. The van der Waals surface area contributed by atoms with Crippen LogP contribution in [0.1, 0.15) is 16.0 Å². The van der Waals surface area contributed by atoms with Crippen LogP contribution in [0.15, 0.2) is 18.2 Å². The molecule has 0 radical (unpaired) electrons. The van der Waals surface area contributed by atoms with Gasteiger partial charge in [-0.15, -0.1) is 0 Å². The molecule has 2 atom stereocenters. The minimum absolute atomic E-state index is 0.0161. The Balaban J connectivity index is 2.58. The van der Waals surface area contributed by atoms with E-state index >= 15 is 0 Å². The Hall–Kier alpha value is -0.220. The normalized spacial score (nSPS) is 24.9. The summed E-state index contributed by atoms with van der Waals surface area (Å²) in [5.74, 6) is -1.61. The molecule has 0 heterocycles. The molecule has 0 aromatic heterocycles. The van der Waals surface area contributed by atoms with Gasteiger partial charge in [0.1, 0.15) is 0 Å². The maximum Gasteiger partial charge on any atom is 0.159 e. The maximum absolute atomic E-state index is 13.0. The van der Waals surface area contributed by atoms with Crippen LogP contribution in [0.2, 0.25) is 0 Å². The molecule has 74 valence electrons. The number of benzene rings is 1. The standard InChI is InChI=1S/C10H6Br2F2/c11-7-2-1-5-3-8(13)9(14)4-6(5)10(7)12/h1-4,7,10H. The Morgan fingerprint density at radius 3 is 2.43 bits per heavy atom. The fourth-order valence-electron chi connectivity index (χ4n) is 1.43. The predicted octanol–water partition coefficient (Wildman–Crippen LogP) is 4.19. The second-order valence-electron chi connectivity index (χ2n) is 3.10. The van der Waals surface area contributed by atoms with Crippen LogP contribution in [0.4, 0.5) is 8.78 Å². The first kappa shape index (κ1) is 10.3. The summed E-state index contributed by atoms with van der Waals surface area (Å²) in [6.45, 7) is 0. The largest absolute Gasteiger partial charge is 0.204 e. The van der Waals surface area contributed by atoms with Gasteiger partial charge in [0.05, 0.1) is 4.83 Å². The van der Waals surface area contributed by atoms with Crippen molar-refractivity contribution in [3.63, 3.8) is 0 Å². The number of hydrogen-bond donors (Lipinski definition) is 0. The van der Waals surface area contributed by atoms with Crippen molar-refractivity contribution in [3.05, 3.63) is 41.0 Å². The molecule has 1 aromatic rings. The lowest BCUT2D eigenvalue weighted by Crippen LogP contribution is -2.10. The van der Waals surface area contributed by atoms with Crippen molar-refractivity contribution in [3.8, 4) is 0 Å². The Bertz CT molecular complexity index is 401. The van der Waals surface area contributed by atoms with Gasteiger partial charge in [-0.2, -0.15) is 0 Å². The molecule has 0 nitrogen and oxygen atoms in total. The Labute approximate surface area is 97.3 Å². The van der Waals surface area contributed by atoms with Crippen molar-refractivity contribution in [1.29, 1.82) is 0 Å². The number of fused-ring (bicyclic) bond motifs is 1. The van der Waals surface area contributed by atoms with Gasteiger partial charge in [-0.3, -0.25) is 0 Å². The van der Waals surface area contributed by atoms with Crippen LogP contribution in [-0.4, -0.2) is 4.83 Å². The van der Waals surface area contributed by atoms with Gasteiger partial charge in [-0.25, -0.2) is 8.78 Å². The van der Waals surface area contributed by atoms with Gasteiger partial charge in [0, 0.05) is 4.83 Å². The van der Waals surface area contributed by atoms with Gasteiger partial charge in [0.15, 0.2) is 11.6 Å². The highest BCUT2D eigenvalue weighted by atomic mass is 79.9. The zero-order chi connectivity index (χ0) is 10.3. The summed E-state index contributed by atoms with van der Waals surface area (Å²) in [4.78, 5) is 0.0949. The molecule has 0 amide bonds. The summed E-state index contributed by atoms with van der Waals surface area (Å²) >= 11 is 6.84. The van der Waals surface area contributed by atoms with E-state index in [9.17, 15) is 8.78 Å². The summed E-state index contributed by atoms with van der Waals surface area (Å²) < 4.78 is 25.9. The smallest absolute Gasteiger partial charge is 0.159 e. The Morgan fingerprint density at radius 2 is 1.71 bits per heavy atom. The molecule has 1 aliphatic rings. The van der Waals surface area contributed by atoms with E-state index in [4.69, 9.17) is 0 Å². The zero-order valence-corrected chi connectivity index (χ0v) is 10.1. The minimum Gasteiger partial charge on any atom is -0.204 e. The van der Waals surface area contributed by atoms with Crippen LogP contribution < -0.4 is 0 Å². The predicted molar refractivity (Wildman–Crippen MR) is 59.8 cm³/mol. The average Bonchev–Trinajstić information content (AvgIpc) is 2.15. The third-order valence-corrected chi connectivity index (χ3v) is 4.77. The summed E-state index contributed by atoms with van der Waals surface area (Å²) in [6, 6.07) is 2.45. The van der Waals surface area contributed by atoms with Gasteiger partial charge in [-0.05, 0) is 23.3 Å². The number of allylic oxidation sites excluding steroid dienone is 1. The molecule has 0 spiro atoms. The van der Waals surface area contributed by atoms with Crippen LogP contribution in [0.5, 0.6) is 0 Å². The van der Waals surface area contributed by atoms with Crippen molar-refractivity contribution < 1.29 is 8.78 Å².